The number of aryl methyl sites for hydroxylation is 4. The van der Waals surface area contributed by atoms with E-state index in [2.05, 4.69) is 300 Å². The molecule has 4 aliphatic rings. The van der Waals surface area contributed by atoms with Gasteiger partial charge < -0.3 is 17.7 Å². The van der Waals surface area contributed by atoms with Crippen molar-refractivity contribution in [3.8, 4) is 67.2 Å². The summed E-state index contributed by atoms with van der Waals surface area (Å²) in [5, 5.41) is 8.50. The molecule has 2 saturated heterocycles. The second-order valence-electron chi connectivity index (χ2n) is 31.3. The summed E-state index contributed by atoms with van der Waals surface area (Å²) in [6.07, 6.45) is 7.54. The third-order valence-corrected chi connectivity index (χ3v) is 28.9. The normalized spacial score (nSPS) is 15.9. The number of rotatable bonds is 12. The van der Waals surface area contributed by atoms with Crippen LogP contribution in [-0.2, 0) is 37.0 Å². The minimum atomic E-state index is -0.566. The maximum absolute atomic E-state index is 6.86. The molecule has 2 aliphatic carbocycles. The summed E-state index contributed by atoms with van der Waals surface area (Å²) in [6.45, 7) is 26.7. The maximum atomic E-state index is 6.86. The average molecular weight is 1450 g/mol. The predicted octanol–water partition coefficient (Wildman–Crippen LogP) is 25.5. The molecule has 6 heterocycles. The smallest absolute Gasteiger partial charge is 0.496 e. The van der Waals surface area contributed by atoms with E-state index >= 15 is 0 Å². The van der Waals surface area contributed by atoms with Crippen LogP contribution in [0.1, 0.15) is 156 Å². The van der Waals surface area contributed by atoms with E-state index in [1.165, 1.54) is 181 Å². The van der Waals surface area contributed by atoms with Gasteiger partial charge in [0.2, 0.25) is 0 Å². The summed E-state index contributed by atoms with van der Waals surface area (Å²) in [5.74, 6) is 7.43. The van der Waals surface area contributed by atoms with Gasteiger partial charge in [-0.2, -0.15) is 0 Å². The second-order valence-corrected chi connectivity index (χ2v) is 36.8. The zero-order valence-electron chi connectivity index (χ0n) is 61.5. The molecular formula is C96H88O4Si2Zr. The first-order valence-corrected chi connectivity index (χ1v) is 40.7. The summed E-state index contributed by atoms with van der Waals surface area (Å²) in [7, 11) is -1.13. The summed E-state index contributed by atoms with van der Waals surface area (Å²) in [4.78, 5) is 0. The number of hydrogen-bond donors (Lipinski definition) is 0. The van der Waals surface area contributed by atoms with Crippen LogP contribution >= 0.6 is 0 Å². The molecule has 2 unspecified atom stereocenters. The van der Waals surface area contributed by atoms with Gasteiger partial charge in [-0.05, 0) is 191 Å². The molecule has 0 amide bonds. The summed E-state index contributed by atoms with van der Waals surface area (Å²) >= 11 is 0. The molecule has 2 atom stereocenters. The van der Waals surface area contributed by atoms with E-state index in [9.17, 15) is 0 Å². The molecule has 0 bridgehead atoms. The quantitative estimate of drug-likeness (QED) is 0.0904. The van der Waals surface area contributed by atoms with Crippen molar-refractivity contribution in [3.63, 3.8) is 0 Å². The molecule has 0 spiro atoms. The zero-order valence-corrected chi connectivity index (χ0v) is 65.9. The van der Waals surface area contributed by atoms with E-state index < -0.39 is 17.6 Å². The molecule has 7 heteroatoms. The first-order valence-electron chi connectivity index (χ1n) is 36.9. The van der Waals surface area contributed by atoms with Crippen LogP contribution in [0.5, 0.6) is 0 Å². The number of allylic oxidation sites excluding steroid dienone is 2. The van der Waals surface area contributed by atoms with Crippen molar-refractivity contribution in [1.82, 2.24) is 0 Å². The van der Waals surface area contributed by atoms with Gasteiger partial charge in [-0.1, -0.05) is 257 Å². The molecule has 2 fully saturated rings. The molecule has 2 radical (unpaired) electrons. The topological polar surface area (TPSA) is 52.6 Å². The molecule has 2 aliphatic heterocycles. The van der Waals surface area contributed by atoms with E-state index in [1.54, 1.807) is 10.4 Å². The van der Waals surface area contributed by atoms with Gasteiger partial charge in [-0.3, -0.25) is 0 Å². The van der Waals surface area contributed by atoms with E-state index in [4.69, 9.17) is 17.7 Å². The fraction of sp³-hybridized carbons (Fsp3) is 0.229. The van der Waals surface area contributed by atoms with Crippen molar-refractivity contribution in [2.24, 2.45) is 0 Å². The number of fused-ring (bicyclic) bond motifs is 4. The van der Waals surface area contributed by atoms with Crippen LogP contribution in [0.2, 0.25) is 24.2 Å². The second kappa shape index (κ2) is 26.9. The Balaban J connectivity index is 0.000000158. The Bertz CT molecular complexity index is 5270. The average Bonchev–Trinajstić information content (AvgIpc) is 1.56. The monoisotopic (exact) mass is 1450 g/mol. The van der Waals surface area contributed by atoms with Crippen LogP contribution in [-0.4, -0.2) is 17.6 Å². The number of benzene rings is 8. The van der Waals surface area contributed by atoms with E-state index in [1.807, 2.05) is 13.8 Å². The summed E-state index contributed by atoms with van der Waals surface area (Å²) in [5.41, 5.74) is 28.1. The van der Waals surface area contributed by atoms with Crippen molar-refractivity contribution in [2.45, 2.75) is 143 Å². The zero-order chi connectivity index (χ0) is 70.0. The predicted molar refractivity (Wildman–Crippen MR) is 431 cm³/mol. The van der Waals surface area contributed by atoms with Crippen molar-refractivity contribution >= 4 is 72.8 Å². The fourth-order valence-electron chi connectivity index (χ4n) is 17.2. The molecule has 4 nitrogen and oxygen atoms in total. The van der Waals surface area contributed by atoms with Gasteiger partial charge >= 0.3 is 26.2 Å². The van der Waals surface area contributed by atoms with Crippen LogP contribution in [0, 0.1) is 41.5 Å². The van der Waals surface area contributed by atoms with Crippen LogP contribution in [0.15, 0.2) is 236 Å². The Hall–Kier alpha value is -9.10. The minimum Gasteiger partial charge on any atom is -0.496 e. The van der Waals surface area contributed by atoms with E-state index in [0.29, 0.717) is 0 Å². The standard InChI is InChI=1S/2C48H44O2Si.Zr/c2*1-29-18-20-35-36(43(29)32-14-9-7-10-15-32)28-38(39-21-19-30(2)49-39)46(35)47-37(40-22-23-42(50-40)48(4,5)6)26-34-27-41(51-24-13-25-51)31(3)44(45(34)47)33-16-11-8-12-17-33;/h2*7-12,14-23,26-28,46H,13,24-25H2,1-6H3;/q2*-1;+2. The third-order valence-electron chi connectivity index (χ3n) is 22.5. The number of furan rings is 4. The molecular weight excluding hydrogens is 1360 g/mol. The van der Waals surface area contributed by atoms with Gasteiger partial charge in [0.25, 0.3) is 0 Å². The van der Waals surface area contributed by atoms with Gasteiger partial charge in [-0.15, -0.1) is 56.9 Å². The van der Waals surface area contributed by atoms with Gasteiger partial charge in [0, 0.05) is 22.7 Å². The van der Waals surface area contributed by atoms with Crippen LogP contribution in [0.4, 0.5) is 0 Å². The molecule has 14 aromatic rings. The molecule has 10 aromatic carbocycles. The van der Waals surface area contributed by atoms with Gasteiger partial charge in [0.05, 0.1) is 40.6 Å². The Morgan fingerprint density at radius 2 is 0.709 bits per heavy atom. The molecule has 103 heavy (non-hydrogen) atoms. The fourth-order valence-corrected chi connectivity index (χ4v) is 21.7. The summed E-state index contributed by atoms with van der Waals surface area (Å²) in [6, 6.07) is 86.1. The van der Waals surface area contributed by atoms with Gasteiger partial charge in [0.1, 0.15) is 23.0 Å². The largest absolute Gasteiger partial charge is 2.00 e. The third kappa shape index (κ3) is 12.0. The van der Waals surface area contributed by atoms with Crippen LogP contribution in [0.25, 0.3) is 112 Å². The molecule has 0 N–H and O–H groups in total. The van der Waals surface area contributed by atoms with E-state index in [-0.39, 0.29) is 48.9 Å². The van der Waals surface area contributed by atoms with Crippen molar-refractivity contribution in [1.29, 1.82) is 0 Å². The van der Waals surface area contributed by atoms with E-state index in [0.717, 1.165) is 46.1 Å². The summed E-state index contributed by atoms with van der Waals surface area (Å²) < 4.78 is 26.8. The van der Waals surface area contributed by atoms with Crippen molar-refractivity contribution < 1.29 is 43.9 Å². The minimum absolute atomic E-state index is 0. The first kappa shape index (κ1) is 68.3. The first-order chi connectivity index (χ1) is 49.3. The SMILES string of the molecule is Cc1ccc(C2=Cc3c(ccc(C)c3-c3ccccc3)C2c2c(-c3ccc(C(C)(C)C)o3)[cH-]c3cc([Si]4CCC4)c(C)c(-c4ccccc4)c23)o1.Cc1ccc(C2=Cc3c(ccc(C)c3-c3ccccc3)C2c2c(-c3ccc(C(C)(C)C)o3)[cH-]c3cc([Si]4CCC4)c(C)c(-c4ccccc4)c23)o1.[Zr+2]. The Morgan fingerprint density at radius 1 is 0.369 bits per heavy atom. The Kier molecular flexibility index (Phi) is 17.8. The Labute approximate surface area is 630 Å². The van der Waals surface area contributed by atoms with Crippen molar-refractivity contribution in [3.05, 3.63) is 309 Å². The molecule has 4 aromatic heterocycles. The van der Waals surface area contributed by atoms with Crippen LogP contribution in [0.3, 0.4) is 0 Å². The van der Waals surface area contributed by atoms with Crippen LogP contribution < -0.4 is 10.4 Å². The van der Waals surface area contributed by atoms with Gasteiger partial charge in [0.15, 0.2) is 0 Å². The van der Waals surface area contributed by atoms with Crippen molar-refractivity contribution in [2.75, 3.05) is 0 Å². The maximum Gasteiger partial charge on any atom is 2.00 e. The molecule has 0 saturated carbocycles. The Morgan fingerprint density at radius 3 is 1.01 bits per heavy atom. The number of hydrogen-bond acceptors (Lipinski definition) is 4. The molecule has 18 rings (SSSR count). The van der Waals surface area contributed by atoms with Gasteiger partial charge in [-0.25, -0.2) is 0 Å². The molecule has 508 valence electrons.